The first kappa shape index (κ1) is 10.2. The summed E-state index contributed by atoms with van der Waals surface area (Å²) >= 11 is 0. The number of aromatic nitrogens is 2. The normalized spacial score (nSPS) is 10.1. The average molecular weight is 220 g/mol. The van der Waals surface area contributed by atoms with E-state index in [9.17, 15) is 4.79 Å². The van der Waals surface area contributed by atoms with Gasteiger partial charge in [-0.2, -0.15) is 0 Å². The number of hydrogen-bond acceptors (Lipinski definition) is 5. The third-order valence-electron chi connectivity index (χ3n) is 1.95. The van der Waals surface area contributed by atoms with Crippen LogP contribution in [0.2, 0.25) is 0 Å². The molecular formula is C10H8N2O4. The summed E-state index contributed by atoms with van der Waals surface area (Å²) < 4.78 is 9.64. The lowest BCUT2D eigenvalue weighted by Crippen LogP contribution is -1.91. The van der Waals surface area contributed by atoms with Crippen molar-refractivity contribution >= 4 is 5.97 Å². The van der Waals surface area contributed by atoms with E-state index in [0.29, 0.717) is 17.1 Å². The van der Waals surface area contributed by atoms with Gasteiger partial charge in [0.15, 0.2) is 0 Å². The predicted molar refractivity (Wildman–Crippen MR) is 53.2 cm³/mol. The second kappa shape index (κ2) is 4.01. The zero-order valence-electron chi connectivity index (χ0n) is 8.38. The van der Waals surface area contributed by atoms with Gasteiger partial charge in [0.25, 0.3) is 0 Å². The lowest BCUT2D eigenvalue weighted by atomic mass is 10.2. The summed E-state index contributed by atoms with van der Waals surface area (Å²) in [7, 11) is 1.53. The number of hydrogen-bond donors (Lipinski definition) is 1. The van der Waals surface area contributed by atoms with Crippen LogP contribution in [-0.2, 0) is 0 Å². The van der Waals surface area contributed by atoms with Gasteiger partial charge >= 0.3 is 5.97 Å². The molecule has 0 radical (unpaired) electrons. The number of nitrogens with zero attached hydrogens (tertiary/aromatic N) is 2. The molecule has 0 aliphatic rings. The van der Waals surface area contributed by atoms with Crippen molar-refractivity contribution in [3.05, 3.63) is 30.2 Å². The number of rotatable bonds is 3. The Balaban J connectivity index is 2.38. The van der Waals surface area contributed by atoms with E-state index in [2.05, 4.69) is 14.7 Å². The molecule has 0 fully saturated rings. The molecule has 0 aliphatic carbocycles. The molecule has 82 valence electrons. The zero-order valence-corrected chi connectivity index (χ0v) is 8.38. The molecule has 2 rings (SSSR count). The van der Waals surface area contributed by atoms with Crippen LogP contribution in [0.15, 0.2) is 28.9 Å². The van der Waals surface area contributed by atoms with Crippen LogP contribution in [0.3, 0.4) is 0 Å². The summed E-state index contributed by atoms with van der Waals surface area (Å²) in [5.74, 6) is -0.772. The van der Waals surface area contributed by atoms with Crippen molar-refractivity contribution in [2.24, 2.45) is 0 Å². The van der Waals surface area contributed by atoms with Crippen LogP contribution >= 0.6 is 0 Å². The van der Waals surface area contributed by atoms with E-state index in [-0.39, 0.29) is 5.76 Å². The highest BCUT2D eigenvalue weighted by atomic mass is 16.5. The number of methoxy groups -OCH3 is 1. The topological polar surface area (TPSA) is 85.5 Å². The quantitative estimate of drug-likeness (QED) is 0.842. The molecule has 0 bridgehead atoms. The third-order valence-corrected chi connectivity index (χ3v) is 1.95. The summed E-state index contributed by atoms with van der Waals surface area (Å²) in [6.45, 7) is 0. The van der Waals surface area contributed by atoms with Gasteiger partial charge in [0.05, 0.1) is 12.8 Å². The molecule has 2 aromatic heterocycles. The van der Waals surface area contributed by atoms with Crippen LogP contribution in [0, 0.1) is 0 Å². The van der Waals surface area contributed by atoms with E-state index in [4.69, 9.17) is 9.84 Å². The first-order valence-electron chi connectivity index (χ1n) is 4.41. The van der Waals surface area contributed by atoms with Crippen molar-refractivity contribution in [1.29, 1.82) is 0 Å². The van der Waals surface area contributed by atoms with E-state index in [0.717, 1.165) is 0 Å². The van der Waals surface area contributed by atoms with Gasteiger partial charge in [-0.3, -0.25) is 4.98 Å². The highest BCUT2D eigenvalue weighted by Gasteiger charge is 2.13. The number of ether oxygens (including phenoxy) is 1. The molecule has 2 heterocycles. The molecule has 2 aromatic rings. The molecule has 0 unspecified atom stereocenters. The maximum Gasteiger partial charge on any atom is 0.374 e. The van der Waals surface area contributed by atoms with Crippen LogP contribution in [0.25, 0.3) is 11.4 Å². The minimum absolute atomic E-state index is 0.223. The smallest absolute Gasteiger partial charge is 0.374 e. The van der Waals surface area contributed by atoms with E-state index in [1.54, 1.807) is 18.3 Å². The van der Waals surface area contributed by atoms with Gasteiger partial charge < -0.3 is 14.4 Å². The molecular weight excluding hydrogens is 212 g/mol. The Labute approximate surface area is 90.5 Å². The van der Waals surface area contributed by atoms with E-state index in [1.165, 1.54) is 13.2 Å². The average Bonchev–Trinajstić information content (AvgIpc) is 2.78. The number of carboxylic acid groups (broad SMARTS) is 1. The summed E-state index contributed by atoms with van der Waals surface area (Å²) in [6, 6.07) is 4.63. The maximum absolute atomic E-state index is 10.6. The summed E-state index contributed by atoms with van der Waals surface area (Å²) in [5.41, 5.74) is 0.854. The second-order valence-corrected chi connectivity index (χ2v) is 2.96. The predicted octanol–water partition coefficient (Wildman–Crippen LogP) is 1.44. The Morgan fingerprint density at radius 1 is 1.44 bits per heavy atom. The van der Waals surface area contributed by atoms with Gasteiger partial charge in [-0.1, -0.05) is 5.16 Å². The van der Waals surface area contributed by atoms with Crippen LogP contribution in [0.5, 0.6) is 5.75 Å². The molecule has 6 heteroatoms. The van der Waals surface area contributed by atoms with Crippen LogP contribution in [0.4, 0.5) is 0 Å². The van der Waals surface area contributed by atoms with Crippen molar-refractivity contribution in [3.8, 4) is 17.1 Å². The first-order valence-corrected chi connectivity index (χ1v) is 4.41. The fraction of sp³-hybridized carbons (Fsp3) is 0.100. The van der Waals surface area contributed by atoms with Crippen LogP contribution in [0.1, 0.15) is 10.6 Å². The number of aromatic carboxylic acids is 1. The van der Waals surface area contributed by atoms with Crippen LogP contribution < -0.4 is 4.74 Å². The van der Waals surface area contributed by atoms with Gasteiger partial charge in [-0.25, -0.2) is 4.79 Å². The fourth-order valence-electron chi connectivity index (χ4n) is 1.17. The SMILES string of the molecule is COc1ccnc(-c2cc(C(=O)O)on2)c1. The largest absolute Gasteiger partial charge is 0.497 e. The van der Waals surface area contributed by atoms with Gasteiger partial charge in [0, 0.05) is 18.3 Å². The van der Waals surface area contributed by atoms with Crippen molar-refractivity contribution in [3.63, 3.8) is 0 Å². The lowest BCUT2D eigenvalue weighted by Gasteiger charge is -1.99. The summed E-state index contributed by atoms with van der Waals surface area (Å²) in [4.78, 5) is 14.6. The third kappa shape index (κ3) is 1.85. The zero-order chi connectivity index (χ0) is 11.5. The molecule has 6 nitrogen and oxygen atoms in total. The van der Waals surface area contributed by atoms with Crippen molar-refractivity contribution in [2.75, 3.05) is 7.11 Å². The summed E-state index contributed by atoms with van der Waals surface area (Å²) in [6.07, 6.45) is 1.54. The maximum atomic E-state index is 10.6. The monoisotopic (exact) mass is 220 g/mol. The van der Waals surface area contributed by atoms with Gasteiger partial charge in [-0.05, 0) is 6.07 Å². The minimum atomic E-state index is -1.17. The molecule has 16 heavy (non-hydrogen) atoms. The summed E-state index contributed by atoms with van der Waals surface area (Å²) in [5, 5.41) is 12.3. The number of pyridine rings is 1. The highest BCUT2D eigenvalue weighted by Crippen LogP contribution is 2.20. The van der Waals surface area contributed by atoms with E-state index < -0.39 is 5.97 Å². The molecule has 0 saturated carbocycles. The Morgan fingerprint density at radius 2 is 2.25 bits per heavy atom. The van der Waals surface area contributed by atoms with E-state index in [1.807, 2.05) is 0 Å². The molecule has 0 saturated heterocycles. The Morgan fingerprint density at radius 3 is 2.88 bits per heavy atom. The molecule has 0 aromatic carbocycles. The molecule has 0 spiro atoms. The minimum Gasteiger partial charge on any atom is -0.497 e. The van der Waals surface area contributed by atoms with Gasteiger partial charge in [0.2, 0.25) is 5.76 Å². The fourth-order valence-corrected chi connectivity index (χ4v) is 1.17. The standard InChI is InChI=1S/C10H8N2O4/c1-15-6-2-3-11-7(4-6)8-5-9(10(13)14)16-12-8/h2-5H,1H3,(H,13,14). The van der Waals surface area contributed by atoms with Crippen molar-refractivity contribution < 1.29 is 19.2 Å². The number of carbonyl (C=O) groups is 1. The Bertz CT molecular complexity index is 521. The molecule has 0 amide bonds. The first-order chi connectivity index (χ1) is 7.70. The second-order valence-electron chi connectivity index (χ2n) is 2.96. The Hall–Kier alpha value is -2.37. The van der Waals surface area contributed by atoms with Gasteiger partial charge in [0.1, 0.15) is 11.4 Å². The number of carboxylic acids is 1. The van der Waals surface area contributed by atoms with Gasteiger partial charge in [-0.15, -0.1) is 0 Å². The molecule has 0 atom stereocenters. The van der Waals surface area contributed by atoms with E-state index >= 15 is 0 Å². The molecule has 0 aliphatic heterocycles. The van der Waals surface area contributed by atoms with Crippen LogP contribution in [-0.4, -0.2) is 28.3 Å². The lowest BCUT2D eigenvalue weighted by molar-refractivity contribution is 0.0652. The van der Waals surface area contributed by atoms with Crippen molar-refractivity contribution in [1.82, 2.24) is 10.1 Å². The Kier molecular flexibility index (Phi) is 2.55. The van der Waals surface area contributed by atoms with Crippen molar-refractivity contribution in [2.45, 2.75) is 0 Å². The molecule has 1 N–H and O–H groups in total. The highest BCUT2D eigenvalue weighted by molar-refractivity contribution is 5.85.